The number of benzene rings is 1. The van der Waals surface area contributed by atoms with Crippen molar-refractivity contribution in [3.63, 3.8) is 0 Å². The second-order valence-corrected chi connectivity index (χ2v) is 4.49. The molecule has 1 aromatic carbocycles. The lowest BCUT2D eigenvalue weighted by Crippen LogP contribution is -2.26. The highest BCUT2D eigenvalue weighted by atomic mass is 79.9. The van der Waals surface area contributed by atoms with Gasteiger partial charge in [0, 0.05) is 19.6 Å². The maximum Gasteiger partial charge on any atom is 0.137 e. The van der Waals surface area contributed by atoms with Crippen LogP contribution in [-0.4, -0.2) is 32.1 Å². The molecule has 0 aliphatic carbocycles. The predicted molar refractivity (Wildman–Crippen MR) is 64.4 cm³/mol. The topological polar surface area (TPSA) is 15.3 Å². The van der Waals surface area contributed by atoms with Crippen molar-refractivity contribution in [3.05, 3.63) is 34.1 Å². The number of likely N-dealkylation sites (N-methyl/N-ethyl adjacent to an activating group) is 1. The fourth-order valence-electron chi connectivity index (χ4n) is 1.21. The Kier molecular flexibility index (Phi) is 5.22. The molecular formula is C11H16BrFN2. The van der Waals surface area contributed by atoms with Crippen molar-refractivity contribution in [3.8, 4) is 0 Å². The lowest BCUT2D eigenvalue weighted by atomic mass is 10.2. The minimum Gasteiger partial charge on any atom is -0.311 e. The quantitative estimate of drug-likeness (QED) is 0.829. The van der Waals surface area contributed by atoms with Gasteiger partial charge < -0.3 is 10.2 Å². The van der Waals surface area contributed by atoms with Crippen LogP contribution >= 0.6 is 15.9 Å². The molecule has 0 spiro atoms. The molecule has 0 aromatic heterocycles. The van der Waals surface area contributed by atoms with Gasteiger partial charge in [0.05, 0.1) is 4.47 Å². The van der Waals surface area contributed by atoms with Gasteiger partial charge in [-0.25, -0.2) is 4.39 Å². The van der Waals surface area contributed by atoms with E-state index in [2.05, 4.69) is 26.1 Å². The predicted octanol–water partition coefficient (Wildman–Crippen LogP) is 2.24. The van der Waals surface area contributed by atoms with E-state index in [0.717, 1.165) is 18.7 Å². The molecule has 4 heteroatoms. The Morgan fingerprint density at radius 3 is 2.80 bits per heavy atom. The summed E-state index contributed by atoms with van der Waals surface area (Å²) in [6.45, 7) is 2.56. The zero-order valence-corrected chi connectivity index (χ0v) is 10.6. The minimum absolute atomic E-state index is 0.207. The highest BCUT2D eigenvalue weighted by molar-refractivity contribution is 9.10. The van der Waals surface area contributed by atoms with Gasteiger partial charge in [-0.05, 0) is 41.7 Å². The summed E-state index contributed by atoms with van der Waals surface area (Å²) in [5, 5.41) is 3.26. The maximum absolute atomic E-state index is 13.1. The molecule has 0 radical (unpaired) electrons. The monoisotopic (exact) mass is 274 g/mol. The summed E-state index contributed by atoms with van der Waals surface area (Å²) in [5.41, 5.74) is 0.953. The first-order chi connectivity index (χ1) is 7.11. The maximum atomic E-state index is 13.1. The SMILES string of the molecule is CN(C)CCNCc1cccc(F)c1Br. The standard InChI is InChI=1S/C11H16BrFN2/c1-15(2)7-6-14-8-9-4-3-5-10(13)11(9)12/h3-5,14H,6-8H2,1-2H3. The summed E-state index contributed by atoms with van der Waals surface area (Å²) in [7, 11) is 4.06. The third-order valence-electron chi connectivity index (χ3n) is 2.08. The third kappa shape index (κ3) is 4.28. The van der Waals surface area contributed by atoms with Gasteiger partial charge in [0.1, 0.15) is 5.82 Å². The van der Waals surface area contributed by atoms with Gasteiger partial charge >= 0.3 is 0 Å². The van der Waals surface area contributed by atoms with Crippen LogP contribution in [0.3, 0.4) is 0 Å². The van der Waals surface area contributed by atoms with E-state index in [1.54, 1.807) is 6.07 Å². The van der Waals surface area contributed by atoms with E-state index < -0.39 is 0 Å². The summed E-state index contributed by atoms with van der Waals surface area (Å²) >= 11 is 3.24. The molecule has 1 rings (SSSR count). The Morgan fingerprint density at radius 1 is 1.40 bits per heavy atom. The molecular weight excluding hydrogens is 259 g/mol. The van der Waals surface area contributed by atoms with Crippen LogP contribution in [0.25, 0.3) is 0 Å². The van der Waals surface area contributed by atoms with E-state index in [9.17, 15) is 4.39 Å². The van der Waals surface area contributed by atoms with E-state index in [1.165, 1.54) is 6.07 Å². The van der Waals surface area contributed by atoms with E-state index in [1.807, 2.05) is 20.2 Å². The van der Waals surface area contributed by atoms with Crippen LogP contribution in [0.15, 0.2) is 22.7 Å². The summed E-state index contributed by atoms with van der Waals surface area (Å²) < 4.78 is 13.7. The highest BCUT2D eigenvalue weighted by Gasteiger charge is 2.03. The molecule has 0 atom stereocenters. The van der Waals surface area contributed by atoms with Crippen LogP contribution in [0, 0.1) is 5.82 Å². The van der Waals surface area contributed by atoms with Gasteiger partial charge in [-0.1, -0.05) is 12.1 Å². The third-order valence-corrected chi connectivity index (χ3v) is 2.97. The second-order valence-electron chi connectivity index (χ2n) is 3.69. The van der Waals surface area contributed by atoms with Crippen LogP contribution < -0.4 is 5.32 Å². The van der Waals surface area contributed by atoms with Gasteiger partial charge in [-0.2, -0.15) is 0 Å². The molecule has 0 aliphatic heterocycles. The summed E-state index contributed by atoms with van der Waals surface area (Å²) in [6, 6.07) is 5.09. The van der Waals surface area contributed by atoms with Gasteiger partial charge in [-0.15, -0.1) is 0 Å². The van der Waals surface area contributed by atoms with Crippen LogP contribution in [0.5, 0.6) is 0 Å². The fraction of sp³-hybridized carbons (Fsp3) is 0.455. The second kappa shape index (κ2) is 6.20. The molecule has 0 amide bonds. The number of rotatable bonds is 5. The number of hydrogen-bond donors (Lipinski definition) is 1. The van der Waals surface area contributed by atoms with E-state index in [4.69, 9.17) is 0 Å². The van der Waals surface area contributed by atoms with Gasteiger partial charge in [0.15, 0.2) is 0 Å². The molecule has 15 heavy (non-hydrogen) atoms. The lowest BCUT2D eigenvalue weighted by Gasteiger charge is -2.11. The molecule has 0 heterocycles. The zero-order chi connectivity index (χ0) is 11.3. The smallest absolute Gasteiger partial charge is 0.137 e. The van der Waals surface area contributed by atoms with Crippen molar-refractivity contribution in [1.82, 2.24) is 10.2 Å². The molecule has 0 unspecified atom stereocenters. The first kappa shape index (κ1) is 12.6. The van der Waals surface area contributed by atoms with Gasteiger partial charge in [0.25, 0.3) is 0 Å². The normalized spacial score (nSPS) is 11.0. The first-order valence-corrected chi connectivity index (χ1v) is 5.69. The highest BCUT2D eigenvalue weighted by Crippen LogP contribution is 2.19. The van der Waals surface area contributed by atoms with Crippen molar-refractivity contribution in [1.29, 1.82) is 0 Å². The van der Waals surface area contributed by atoms with Gasteiger partial charge in [0.2, 0.25) is 0 Å². The van der Waals surface area contributed by atoms with Crippen molar-refractivity contribution in [2.24, 2.45) is 0 Å². The summed E-state index contributed by atoms with van der Waals surface area (Å²) in [6.07, 6.45) is 0. The molecule has 0 aliphatic rings. The summed E-state index contributed by atoms with van der Waals surface area (Å²) in [5.74, 6) is -0.207. The molecule has 1 N–H and O–H groups in total. The molecule has 0 saturated carbocycles. The molecule has 0 bridgehead atoms. The minimum atomic E-state index is -0.207. The number of nitrogens with one attached hydrogen (secondary N) is 1. The zero-order valence-electron chi connectivity index (χ0n) is 9.06. The Balaban J connectivity index is 2.41. The molecule has 2 nitrogen and oxygen atoms in total. The van der Waals surface area contributed by atoms with E-state index >= 15 is 0 Å². The number of hydrogen-bond acceptors (Lipinski definition) is 2. The number of halogens is 2. The van der Waals surface area contributed by atoms with Crippen molar-refractivity contribution in [2.45, 2.75) is 6.54 Å². The van der Waals surface area contributed by atoms with Crippen molar-refractivity contribution < 1.29 is 4.39 Å². The van der Waals surface area contributed by atoms with Crippen molar-refractivity contribution >= 4 is 15.9 Å². The Labute approximate surface area is 98.6 Å². The van der Waals surface area contributed by atoms with Crippen LogP contribution in [0.1, 0.15) is 5.56 Å². The summed E-state index contributed by atoms with van der Waals surface area (Å²) in [4.78, 5) is 2.10. The Morgan fingerprint density at radius 2 is 2.13 bits per heavy atom. The van der Waals surface area contributed by atoms with Crippen molar-refractivity contribution in [2.75, 3.05) is 27.2 Å². The van der Waals surface area contributed by atoms with Crippen LogP contribution in [0.2, 0.25) is 0 Å². The average molecular weight is 275 g/mol. The first-order valence-electron chi connectivity index (χ1n) is 4.89. The fourth-order valence-corrected chi connectivity index (χ4v) is 1.62. The Hall–Kier alpha value is -0.450. The van der Waals surface area contributed by atoms with Crippen LogP contribution in [-0.2, 0) is 6.54 Å². The number of nitrogens with zero attached hydrogens (tertiary/aromatic N) is 1. The molecule has 0 saturated heterocycles. The van der Waals surface area contributed by atoms with Crippen LogP contribution in [0.4, 0.5) is 4.39 Å². The van der Waals surface area contributed by atoms with E-state index in [-0.39, 0.29) is 5.82 Å². The molecule has 84 valence electrons. The molecule has 1 aromatic rings. The largest absolute Gasteiger partial charge is 0.311 e. The molecule has 0 fully saturated rings. The van der Waals surface area contributed by atoms with E-state index in [0.29, 0.717) is 11.0 Å². The lowest BCUT2D eigenvalue weighted by molar-refractivity contribution is 0.399. The Bertz CT molecular complexity index is 315. The average Bonchev–Trinajstić information content (AvgIpc) is 2.18. The van der Waals surface area contributed by atoms with Gasteiger partial charge in [-0.3, -0.25) is 0 Å².